The third-order valence-electron chi connectivity index (χ3n) is 4.65. The van der Waals surface area contributed by atoms with Crippen LogP contribution in [0, 0.1) is 0 Å². The lowest BCUT2D eigenvalue weighted by Gasteiger charge is -2.32. The topological polar surface area (TPSA) is 62.1 Å². The Bertz CT molecular complexity index is 644. The number of imidazole rings is 1. The van der Waals surface area contributed by atoms with E-state index in [4.69, 9.17) is 0 Å². The second kappa shape index (κ2) is 7.61. The summed E-state index contributed by atoms with van der Waals surface area (Å²) in [4.78, 5) is 17.3. The van der Waals surface area contributed by atoms with Crippen molar-refractivity contribution in [1.82, 2.24) is 24.4 Å². The Morgan fingerprint density at radius 1 is 1.25 bits per heavy atom. The summed E-state index contributed by atoms with van der Waals surface area (Å²) in [6.45, 7) is 3.35. The van der Waals surface area contributed by atoms with Crippen molar-refractivity contribution in [1.29, 1.82) is 0 Å². The minimum atomic E-state index is 0.489. The molecule has 1 saturated heterocycles. The fraction of sp³-hybridized carbons (Fsp3) is 0.588. The van der Waals surface area contributed by atoms with Gasteiger partial charge in [0.25, 0.3) is 0 Å². The Labute approximate surface area is 143 Å². The van der Waals surface area contributed by atoms with E-state index < -0.39 is 0 Å². The monoisotopic (exact) mass is 329 g/mol. The third-order valence-corrected chi connectivity index (χ3v) is 4.65. The van der Waals surface area contributed by atoms with Gasteiger partial charge >= 0.3 is 0 Å². The summed E-state index contributed by atoms with van der Waals surface area (Å²) in [5, 5.41) is 3.56. The van der Waals surface area contributed by atoms with Gasteiger partial charge in [-0.2, -0.15) is 0 Å². The summed E-state index contributed by atoms with van der Waals surface area (Å²) in [7, 11) is 6.04. The van der Waals surface area contributed by atoms with Crippen molar-refractivity contribution in [3.8, 4) is 0 Å². The minimum Gasteiger partial charge on any atom is -0.367 e. The molecule has 1 aliphatic heterocycles. The van der Waals surface area contributed by atoms with E-state index in [0.717, 1.165) is 50.5 Å². The van der Waals surface area contributed by atoms with E-state index in [0.29, 0.717) is 6.04 Å². The van der Waals surface area contributed by atoms with Crippen molar-refractivity contribution >= 4 is 11.6 Å². The number of rotatable bonds is 6. The molecule has 7 nitrogen and oxygen atoms in total. The molecule has 2 aromatic heterocycles. The van der Waals surface area contributed by atoms with Gasteiger partial charge in [-0.05, 0) is 12.8 Å². The number of piperidine rings is 1. The van der Waals surface area contributed by atoms with Crippen molar-refractivity contribution < 1.29 is 0 Å². The van der Waals surface area contributed by atoms with Crippen LogP contribution in [0.5, 0.6) is 0 Å². The van der Waals surface area contributed by atoms with E-state index in [2.05, 4.69) is 36.8 Å². The molecule has 0 amide bonds. The smallest absolute Gasteiger partial charge is 0.133 e. The van der Waals surface area contributed by atoms with Gasteiger partial charge in [-0.15, -0.1) is 0 Å². The fourth-order valence-corrected chi connectivity index (χ4v) is 3.08. The molecule has 0 aromatic carbocycles. The predicted molar refractivity (Wildman–Crippen MR) is 96.4 cm³/mol. The summed E-state index contributed by atoms with van der Waals surface area (Å²) in [5.41, 5.74) is 1.30. The predicted octanol–water partition coefficient (Wildman–Crippen LogP) is 1.40. The van der Waals surface area contributed by atoms with Crippen molar-refractivity contribution in [2.45, 2.75) is 25.3 Å². The van der Waals surface area contributed by atoms with E-state index in [1.165, 1.54) is 5.69 Å². The number of aryl methyl sites for hydroxylation is 1. The Morgan fingerprint density at radius 2 is 2.04 bits per heavy atom. The number of anilines is 2. The molecule has 1 fully saturated rings. The molecule has 0 bridgehead atoms. The molecule has 3 heterocycles. The fourth-order valence-electron chi connectivity index (χ4n) is 3.08. The average molecular weight is 329 g/mol. The Morgan fingerprint density at radius 3 is 2.71 bits per heavy atom. The van der Waals surface area contributed by atoms with E-state index in [9.17, 15) is 0 Å². The van der Waals surface area contributed by atoms with Crippen molar-refractivity contribution in [3.63, 3.8) is 0 Å². The lowest BCUT2D eigenvalue weighted by atomic mass is 10.0. The Kier molecular flexibility index (Phi) is 5.30. The first-order valence-electron chi connectivity index (χ1n) is 8.55. The number of hydrogen-bond acceptors (Lipinski definition) is 6. The maximum Gasteiger partial charge on any atom is 0.133 e. The van der Waals surface area contributed by atoms with Crippen LogP contribution in [0.25, 0.3) is 0 Å². The number of aromatic nitrogens is 4. The highest BCUT2D eigenvalue weighted by Gasteiger charge is 2.19. The molecule has 1 N–H and O–H groups in total. The quantitative estimate of drug-likeness (QED) is 0.864. The van der Waals surface area contributed by atoms with Gasteiger partial charge in [-0.25, -0.2) is 15.0 Å². The van der Waals surface area contributed by atoms with Crippen LogP contribution in [0.1, 0.15) is 18.5 Å². The summed E-state index contributed by atoms with van der Waals surface area (Å²) in [6, 6.07) is 2.50. The highest BCUT2D eigenvalue weighted by molar-refractivity contribution is 5.47. The maximum absolute atomic E-state index is 4.34. The molecule has 0 atom stereocenters. The van der Waals surface area contributed by atoms with Crippen molar-refractivity contribution in [2.24, 2.45) is 7.05 Å². The van der Waals surface area contributed by atoms with Gasteiger partial charge in [-0.3, -0.25) is 0 Å². The first kappa shape index (κ1) is 16.7. The summed E-state index contributed by atoms with van der Waals surface area (Å²) in [6.07, 6.45) is 8.81. The second-order valence-corrected chi connectivity index (χ2v) is 6.66. The van der Waals surface area contributed by atoms with Gasteiger partial charge in [-0.1, -0.05) is 0 Å². The molecule has 0 aliphatic carbocycles. The molecule has 1 aliphatic rings. The molecule has 0 saturated carbocycles. The molecule has 2 aromatic rings. The van der Waals surface area contributed by atoms with E-state index in [1.807, 2.05) is 37.6 Å². The van der Waals surface area contributed by atoms with E-state index in [1.54, 1.807) is 6.33 Å². The first-order valence-corrected chi connectivity index (χ1v) is 8.55. The molecule has 0 radical (unpaired) electrons. The molecule has 0 spiro atoms. The third kappa shape index (κ3) is 4.23. The van der Waals surface area contributed by atoms with Gasteiger partial charge in [0.05, 0.1) is 6.33 Å². The molecule has 7 heteroatoms. The van der Waals surface area contributed by atoms with E-state index in [-0.39, 0.29) is 0 Å². The lowest BCUT2D eigenvalue weighted by Crippen LogP contribution is -2.40. The van der Waals surface area contributed by atoms with Crippen LogP contribution < -0.4 is 10.2 Å². The number of likely N-dealkylation sites (tertiary alicyclic amines) is 1. The Hall–Kier alpha value is -2.15. The van der Waals surface area contributed by atoms with Gasteiger partial charge in [0.2, 0.25) is 0 Å². The number of nitrogens with one attached hydrogen (secondary N) is 1. The molecule has 130 valence electrons. The highest BCUT2D eigenvalue weighted by atomic mass is 15.2. The SMILES string of the molecule is CN(C)c1cc(NC2CCN(CCc3cncn3C)CC2)ncn1. The van der Waals surface area contributed by atoms with Crippen molar-refractivity contribution in [2.75, 3.05) is 43.9 Å². The van der Waals surface area contributed by atoms with E-state index >= 15 is 0 Å². The minimum absolute atomic E-state index is 0.489. The lowest BCUT2D eigenvalue weighted by molar-refractivity contribution is 0.220. The van der Waals surface area contributed by atoms with Crippen LogP contribution >= 0.6 is 0 Å². The molecule has 24 heavy (non-hydrogen) atoms. The molecular weight excluding hydrogens is 302 g/mol. The molecule has 3 rings (SSSR count). The molecular formula is C17H27N7. The van der Waals surface area contributed by atoms with Crippen LogP contribution in [0.3, 0.4) is 0 Å². The summed E-state index contributed by atoms with van der Waals surface area (Å²) in [5.74, 6) is 1.85. The van der Waals surface area contributed by atoms with Gasteiger partial charge in [0.1, 0.15) is 18.0 Å². The number of nitrogens with zero attached hydrogens (tertiary/aromatic N) is 6. The van der Waals surface area contributed by atoms with Crippen LogP contribution in [-0.2, 0) is 13.5 Å². The van der Waals surface area contributed by atoms with Crippen LogP contribution in [0.4, 0.5) is 11.6 Å². The zero-order valence-corrected chi connectivity index (χ0v) is 14.8. The van der Waals surface area contributed by atoms with Crippen molar-refractivity contribution in [3.05, 3.63) is 30.6 Å². The zero-order valence-electron chi connectivity index (χ0n) is 14.8. The van der Waals surface area contributed by atoms with Gasteiger partial charge in [0, 0.05) is 71.2 Å². The standard InChI is InChI=1S/C17H27N7/c1-22(2)17-10-16(19-12-20-17)21-14-4-7-24(8-5-14)9-6-15-11-18-13-23(15)3/h10-14H,4-9H2,1-3H3,(H,19,20,21). The number of hydrogen-bond donors (Lipinski definition) is 1. The van der Waals surface area contributed by atoms with Crippen LogP contribution in [0.2, 0.25) is 0 Å². The summed E-state index contributed by atoms with van der Waals surface area (Å²) < 4.78 is 2.10. The second-order valence-electron chi connectivity index (χ2n) is 6.66. The first-order chi connectivity index (χ1) is 11.6. The maximum atomic E-state index is 4.34. The van der Waals surface area contributed by atoms with Gasteiger partial charge in [0.15, 0.2) is 0 Å². The largest absolute Gasteiger partial charge is 0.367 e. The normalized spacial score (nSPS) is 16.3. The summed E-state index contributed by atoms with van der Waals surface area (Å²) >= 11 is 0. The highest BCUT2D eigenvalue weighted by Crippen LogP contribution is 2.17. The van der Waals surface area contributed by atoms with Crippen LogP contribution in [-0.4, -0.2) is 64.2 Å². The Balaban J connectivity index is 1.45. The van der Waals surface area contributed by atoms with Gasteiger partial charge < -0.3 is 19.7 Å². The zero-order chi connectivity index (χ0) is 16.9. The average Bonchev–Trinajstić information content (AvgIpc) is 2.99. The molecule has 0 unspecified atom stereocenters. The van der Waals surface area contributed by atoms with Crippen LogP contribution in [0.15, 0.2) is 24.9 Å².